The summed E-state index contributed by atoms with van der Waals surface area (Å²) in [7, 11) is 1.55. The molecule has 1 heterocycles. The second-order valence-corrected chi connectivity index (χ2v) is 11.5. The highest BCUT2D eigenvalue weighted by atomic mass is 28.2. The third-order valence-electron chi connectivity index (χ3n) is 6.98. The fourth-order valence-electron chi connectivity index (χ4n) is 5.11. The second-order valence-electron chi connectivity index (χ2n) is 9.42. The maximum atomic E-state index is 4.35. The minimum atomic E-state index is -0.531. The maximum absolute atomic E-state index is 4.35. The molecule has 4 heteroatoms. The molecule has 0 bridgehead atoms. The standard InChI is InChI=1S/C21H24N2Si.C14H13B/c1-2-3-10-17-24-21(23-16-15-22-18-23,19-11-6-4-7-12-19)20-13-8-5-9-14-20;15-11-14(12-7-3-1-4-8-12)13-9-5-2-6-10-13/h3-16,18H,2,17,24H2,1H3;1-11H,15H2. The van der Waals surface area contributed by atoms with Crippen LogP contribution in [0.25, 0.3) is 5.57 Å². The van der Waals surface area contributed by atoms with Crippen LogP contribution in [0.2, 0.25) is 6.04 Å². The van der Waals surface area contributed by atoms with Crippen molar-refractivity contribution in [2.24, 2.45) is 0 Å². The van der Waals surface area contributed by atoms with Gasteiger partial charge < -0.3 is 4.57 Å². The predicted octanol–water partition coefficient (Wildman–Crippen LogP) is 6.89. The van der Waals surface area contributed by atoms with Gasteiger partial charge in [-0.25, -0.2) is 4.98 Å². The summed E-state index contributed by atoms with van der Waals surface area (Å²) in [6.07, 6.45) is 11.7. The first kappa shape index (κ1) is 27.9. The summed E-state index contributed by atoms with van der Waals surface area (Å²) in [6.45, 7) is 2.19. The van der Waals surface area contributed by atoms with Crippen molar-refractivity contribution in [1.29, 1.82) is 0 Å². The van der Waals surface area contributed by atoms with Crippen LogP contribution in [0, 0.1) is 0 Å². The third-order valence-corrected chi connectivity index (χ3v) is 9.51. The van der Waals surface area contributed by atoms with E-state index in [2.05, 4.69) is 158 Å². The Bertz CT molecular complexity index is 1330. The predicted molar refractivity (Wildman–Crippen MR) is 173 cm³/mol. The smallest absolute Gasteiger partial charge is 0.130 e. The van der Waals surface area contributed by atoms with E-state index in [1.807, 2.05) is 24.7 Å². The second kappa shape index (κ2) is 14.7. The lowest BCUT2D eigenvalue weighted by atomic mass is 9.92. The summed E-state index contributed by atoms with van der Waals surface area (Å²) in [6, 6.07) is 43.8. The lowest BCUT2D eigenvalue weighted by molar-refractivity contribution is 0.592. The molecule has 0 aliphatic heterocycles. The van der Waals surface area contributed by atoms with Gasteiger partial charge >= 0.3 is 0 Å². The molecule has 0 spiro atoms. The number of allylic oxidation sites excluding steroid dienone is 2. The number of hydrogen-bond acceptors (Lipinski definition) is 1. The van der Waals surface area contributed by atoms with Crippen LogP contribution >= 0.6 is 0 Å². The van der Waals surface area contributed by atoms with E-state index >= 15 is 0 Å². The van der Waals surface area contributed by atoms with Crippen LogP contribution < -0.4 is 0 Å². The Hall–Kier alpha value is -4.15. The quantitative estimate of drug-likeness (QED) is 0.152. The molecule has 0 atom stereocenters. The fourth-order valence-corrected chi connectivity index (χ4v) is 7.42. The molecule has 1 aromatic heterocycles. The molecule has 0 N–H and O–H groups in total. The van der Waals surface area contributed by atoms with Crippen LogP contribution in [0.3, 0.4) is 0 Å². The molecule has 0 radical (unpaired) electrons. The summed E-state index contributed by atoms with van der Waals surface area (Å²) in [5, 5.41) is -0.100. The topological polar surface area (TPSA) is 17.8 Å². The largest absolute Gasteiger partial charge is 0.327 e. The molecule has 0 amide bonds. The number of benzene rings is 4. The van der Waals surface area contributed by atoms with Crippen molar-refractivity contribution in [3.63, 3.8) is 0 Å². The summed E-state index contributed by atoms with van der Waals surface area (Å²) in [4.78, 5) is 4.35. The normalized spacial score (nSPS) is 11.3. The van der Waals surface area contributed by atoms with E-state index in [9.17, 15) is 0 Å². The van der Waals surface area contributed by atoms with Crippen molar-refractivity contribution in [2.45, 2.75) is 24.6 Å². The van der Waals surface area contributed by atoms with Gasteiger partial charge in [-0.3, -0.25) is 0 Å². The first-order valence-corrected chi connectivity index (χ1v) is 15.5. The van der Waals surface area contributed by atoms with E-state index in [-0.39, 0.29) is 5.16 Å². The number of aromatic nitrogens is 2. The minimum absolute atomic E-state index is 0.100. The Morgan fingerprint density at radius 3 is 1.64 bits per heavy atom. The summed E-state index contributed by atoms with van der Waals surface area (Å²) >= 11 is 0. The Kier molecular flexibility index (Phi) is 10.5. The van der Waals surface area contributed by atoms with Gasteiger partial charge in [0.25, 0.3) is 0 Å². The highest BCUT2D eigenvalue weighted by Crippen LogP contribution is 2.34. The Morgan fingerprint density at radius 2 is 1.23 bits per heavy atom. The van der Waals surface area contributed by atoms with Gasteiger partial charge in [-0.1, -0.05) is 140 Å². The number of imidazole rings is 1. The van der Waals surface area contributed by atoms with Gasteiger partial charge in [-0.05, 0) is 40.3 Å². The molecule has 0 fully saturated rings. The first-order chi connectivity index (χ1) is 19.3. The number of hydrogen-bond donors (Lipinski definition) is 0. The van der Waals surface area contributed by atoms with Crippen molar-refractivity contribution in [3.05, 3.63) is 180 Å². The molecule has 0 unspecified atom stereocenters. The molecule has 0 aliphatic carbocycles. The Balaban J connectivity index is 0.000000202. The highest BCUT2D eigenvalue weighted by Gasteiger charge is 2.35. The molecule has 194 valence electrons. The molecule has 0 saturated heterocycles. The average Bonchev–Trinajstić information content (AvgIpc) is 3.56. The van der Waals surface area contributed by atoms with E-state index in [0.717, 1.165) is 12.5 Å². The SMILES string of the molecule is BC=C(c1ccccc1)c1ccccc1.CCC=CC[SiH2]C(c1ccccc1)(c1ccccc1)n1ccnc1. The monoisotopic (exact) mass is 524 g/mol. The number of rotatable bonds is 9. The molecule has 4 aromatic carbocycles. The van der Waals surface area contributed by atoms with Crippen molar-refractivity contribution >= 4 is 22.9 Å². The van der Waals surface area contributed by atoms with Crippen LogP contribution in [-0.4, -0.2) is 26.9 Å². The molecule has 0 aliphatic rings. The summed E-state index contributed by atoms with van der Waals surface area (Å²) in [5.74, 6) is 2.16. The van der Waals surface area contributed by atoms with Gasteiger partial charge in [-0.15, -0.1) is 5.98 Å². The zero-order valence-corrected chi connectivity index (χ0v) is 24.4. The van der Waals surface area contributed by atoms with Gasteiger partial charge in [0.2, 0.25) is 0 Å². The molecule has 5 rings (SSSR count). The van der Waals surface area contributed by atoms with Crippen molar-refractivity contribution in [3.8, 4) is 0 Å². The minimum Gasteiger partial charge on any atom is -0.327 e. The van der Waals surface area contributed by atoms with Gasteiger partial charge in [0.15, 0.2) is 0 Å². The number of nitrogens with zero attached hydrogens (tertiary/aromatic N) is 2. The highest BCUT2D eigenvalue weighted by molar-refractivity contribution is 6.42. The summed E-state index contributed by atoms with van der Waals surface area (Å²) < 4.78 is 2.31. The van der Waals surface area contributed by atoms with Gasteiger partial charge in [0.05, 0.1) is 21.0 Å². The third kappa shape index (κ3) is 7.04. The van der Waals surface area contributed by atoms with Crippen molar-refractivity contribution in [1.82, 2.24) is 9.55 Å². The van der Waals surface area contributed by atoms with E-state index in [1.165, 1.54) is 27.8 Å². The lowest BCUT2D eigenvalue weighted by Gasteiger charge is -2.36. The van der Waals surface area contributed by atoms with Crippen LogP contribution in [0.4, 0.5) is 0 Å². The molecule has 2 nitrogen and oxygen atoms in total. The first-order valence-electron chi connectivity index (χ1n) is 13.8. The Labute approximate surface area is 237 Å². The van der Waals surface area contributed by atoms with E-state index < -0.39 is 9.52 Å². The molecule has 39 heavy (non-hydrogen) atoms. The lowest BCUT2D eigenvalue weighted by Crippen LogP contribution is -2.41. The van der Waals surface area contributed by atoms with Crippen LogP contribution in [-0.2, 0) is 5.16 Å². The van der Waals surface area contributed by atoms with Gasteiger partial charge in [0, 0.05) is 12.4 Å². The average molecular weight is 525 g/mol. The molecular formula is C35H37BN2Si. The van der Waals surface area contributed by atoms with Crippen LogP contribution in [0.1, 0.15) is 35.6 Å². The van der Waals surface area contributed by atoms with E-state index in [1.54, 1.807) is 0 Å². The molecule has 5 aromatic rings. The van der Waals surface area contributed by atoms with Gasteiger partial charge in [-0.2, -0.15) is 0 Å². The fraction of sp³-hybridized carbons (Fsp3) is 0.114. The van der Waals surface area contributed by atoms with Crippen LogP contribution in [0.15, 0.2) is 158 Å². The van der Waals surface area contributed by atoms with Crippen molar-refractivity contribution < 1.29 is 0 Å². The van der Waals surface area contributed by atoms with E-state index in [0.29, 0.717) is 0 Å². The summed E-state index contributed by atoms with van der Waals surface area (Å²) in [5.41, 5.74) is 6.53. The molecule has 0 saturated carbocycles. The Morgan fingerprint density at radius 1 is 0.744 bits per heavy atom. The zero-order valence-electron chi connectivity index (χ0n) is 23.0. The van der Waals surface area contributed by atoms with E-state index in [4.69, 9.17) is 0 Å². The maximum Gasteiger partial charge on any atom is 0.130 e. The van der Waals surface area contributed by atoms with Crippen molar-refractivity contribution in [2.75, 3.05) is 0 Å². The van der Waals surface area contributed by atoms with Crippen LogP contribution in [0.5, 0.6) is 0 Å². The molecular weight excluding hydrogens is 487 g/mol. The van der Waals surface area contributed by atoms with Gasteiger partial charge in [0.1, 0.15) is 7.85 Å². The zero-order chi connectivity index (χ0) is 27.2.